The van der Waals surface area contributed by atoms with Gasteiger partial charge in [0.25, 0.3) is 0 Å². The van der Waals surface area contributed by atoms with E-state index in [-0.39, 0.29) is 5.92 Å². The van der Waals surface area contributed by atoms with E-state index in [1.165, 1.54) is 9.13 Å². The maximum atomic E-state index is 10.6. The third kappa shape index (κ3) is 2.93. The first-order chi connectivity index (χ1) is 7.16. The van der Waals surface area contributed by atoms with Crippen molar-refractivity contribution in [3.05, 3.63) is 33.4 Å². The minimum absolute atomic E-state index is 0.0613. The highest BCUT2D eigenvalue weighted by atomic mass is 127. The Labute approximate surface area is 103 Å². The summed E-state index contributed by atoms with van der Waals surface area (Å²) in [5, 5.41) is 8.76. The average Bonchev–Trinajstić information content (AvgIpc) is 2.96. The van der Waals surface area contributed by atoms with E-state index in [4.69, 9.17) is 5.11 Å². The van der Waals surface area contributed by atoms with Crippen LogP contribution in [0.15, 0.2) is 24.3 Å². The minimum Gasteiger partial charge on any atom is -0.481 e. The highest BCUT2D eigenvalue weighted by molar-refractivity contribution is 14.1. The summed E-state index contributed by atoms with van der Waals surface area (Å²) in [6, 6.07) is 8.44. The molecule has 1 N–H and O–H groups in total. The molecule has 1 saturated carbocycles. The fourth-order valence-corrected chi connectivity index (χ4v) is 2.23. The molecule has 0 spiro atoms. The fraction of sp³-hybridized carbons (Fsp3) is 0.417. The van der Waals surface area contributed by atoms with Crippen molar-refractivity contribution in [1.82, 2.24) is 0 Å². The van der Waals surface area contributed by atoms with Gasteiger partial charge < -0.3 is 5.11 Å². The summed E-state index contributed by atoms with van der Waals surface area (Å²) in [7, 11) is 0. The van der Waals surface area contributed by atoms with Crippen LogP contribution in [0, 0.1) is 15.4 Å². The molecule has 0 heterocycles. The molecule has 1 aromatic rings. The van der Waals surface area contributed by atoms with Crippen molar-refractivity contribution in [1.29, 1.82) is 0 Å². The fourth-order valence-electron chi connectivity index (χ4n) is 1.87. The van der Waals surface area contributed by atoms with Gasteiger partial charge in [-0.1, -0.05) is 12.1 Å². The second kappa shape index (κ2) is 4.51. The lowest BCUT2D eigenvalue weighted by Gasteiger charge is -2.00. The number of carbonyl (C=O) groups is 1. The smallest absolute Gasteiger partial charge is 0.306 e. The van der Waals surface area contributed by atoms with E-state index in [0.29, 0.717) is 5.92 Å². The number of aryl methyl sites for hydroxylation is 1. The number of carboxylic acids is 1. The minimum atomic E-state index is -0.623. The standard InChI is InChI=1S/C12H13IO2/c13-10-5-2-8(3-6-10)1-4-9-7-11(9)12(14)15/h2-3,5-6,9,11H,1,4,7H2,(H,14,15). The molecule has 1 aliphatic carbocycles. The van der Waals surface area contributed by atoms with Crippen LogP contribution in [0.1, 0.15) is 18.4 Å². The molecule has 0 bridgehead atoms. The van der Waals surface area contributed by atoms with Gasteiger partial charge in [0.1, 0.15) is 0 Å². The second-order valence-corrected chi connectivity index (χ2v) is 5.35. The van der Waals surface area contributed by atoms with Crippen molar-refractivity contribution in [3.8, 4) is 0 Å². The molecule has 1 aromatic carbocycles. The Morgan fingerprint density at radius 3 is 2.60 bits per heavy atom. The Balaban J connectivity index is 1.80. The zero-order chi connectivity index (χ0) is 10.8. The van der Waals surface area contributed by atoms with Gasteiger partial charge in [0.15, 0.2) is 0 Å². The van der Waals surface area contributed by atoms with Gasteiger partial charge in [-0.15, -0.1) is 0 Å². The summed E-state index contributed by atoms with van der Waals surface area (Å²) in [5.41, 5.74) is 1.31. The van der Waals surface area contributed by atoms with Crippen molar-refractivity contribution in [2.45, 2.75) is 19.3 Å². The number of benzene rings is 1. The van der Waals surface area contributed by atoms with Crippen LogP contribution in [0.25, 0.3) is 0 Å². The van der Waals surface area contributed by atoms with E-state index in [2.05, 4.69) is 46.9 Å². The van der Waals surface area contributed by atoms with Crippen LogP contribution in [-0.4, -0.2) is 11.1 Å². The van der Waals surface area contributed by atoms with Crippen LogP contribution in [0.4, 0.5) is 0 Å². The number of carboxylic acid groups (broad SMARTS) is 1. The van der Waals surface area contributed by atoms with Gasteiger partial charge in [0, 0.05) is 3.57 Å². The van der Waals surface area contributed by atoms with Crippen LogP contribution < -0.4 is 0 Å². The lowest BCUT2D eigenvalue weighted by Crippen LogP contribution is -2.00. The lowest BCUT2D eigenvalue weighted by molar-refractivity contribution is -0.138. The number of halogens is 1. The van der Waals surface area contributed by atoms with Crippen molar-refractivity contribution >= 4 is 28.6 Å². The van der Waals surface area contributed by atoms with Crippen molar-refractivity contribution in [2.75, 3.05) is 0 Å². The highest BCUT2D eigenvalue weighted by Crippen LogP contribution is 2.41. The quantitative estimate of drug-likeness (QED) is 0.867. The van der Waals surface area contributed by atoms with E-state index in [1.54, 1.807) is 0 Å². The molecule has 0 radical (unpaired) electrons. The van der Waals surface area contributed by atoms with E-state index in [1.807, 2.05) is 0 Å². The Bertz CT molecular complexity index is 358. The summed E-state index contributed by atoms with van der Waals surface area (Å²) in [6.45, 7) is 0. The molecule has 80 valence electrons. The maximum Gasteiger partial charge on any atom is 0.306 e. The second-order valence-electron chi connectivity index (χ2n) is 4.11. The molecular weight excluding hydrogens is 303 g/mol. The highest BCUT2D eigenvalue weighted by Gasteiger charge is 2.42. The topological polar surface area (TPSA) is 37.3 Å². The largest absolute Gasteiger partial charge is 0.481 e. The van der Waals surface area contributed by atoms with Gasteiger partial charge in [-0.3, -0.25) is 4.79 Å². The Morgan fingerprint density at radius 2 is 2.07 bits per heavy atom. The van der Waals surface area contributed by atoms with Crippen LogP contribution >= 0.6 is 22.6 Å². The Hall–Kier alpha value is -0.580. The number of hydrogen-bond donors (Lipinski definition) is 1. The molecular formula is C12H13IO2. The van der Waals surface area contributed by atoms with Gasteiger partial charge in [-0.25, -0.2) is 0 Å². The van der Waals surface area contributed by atoms with Gasteiger partial charge in [-0.2, -0.15) is 0 Å². The molecule has 0 aliphatic heterocycles. The monoisotopic (exact) mass is 316 g/mol. The van der Waals surface area contributed by atoms with Crippen LogP contribution in [0.2, 0.25) is 0 Å². The molecule has 1 fully saturated rings. The van der Waals surface area contributed by atoms with Gasteiger partial charge in [0.05, 0.1) is 5.92 Å². The normalized spacial score (nSPS) is 23.8. The summed E-state index contributed by atoms with van der Waals surface area (Å²) in [6.07, 6.45) is 2.89. The van der Waals surface area contributed by atoms with Gasteiger partial charge in [0.2, 0.25) is 0 Å². The SMILES string of the molecule is O=C(O)C1CC1CCc1ccc(I)cc1. The molecule has 2 atom stereocenters. The van der Waals surface area contributed by atoms with Crippen LogP contribution in [-0.2, 0) is 11.2 Å². The zero-order valence-electron chi connectivity index (χ0n) is 8.32. The van der Waals surface area contributed by atoms with Gasteiger partial charge in [-0.05, 0) is 65.5 Å². The molecule has 2 rings (SSSR count). The Kier molecular flexibility index (Phi) is 3.29. The first-order valence-electron chi connectivity index (χ1n) is 5.14. The Morgan fingerprint density at radius 1 is 1.40 bits per heavy atom. The van der Waals surface area contributed by atoms with E-state index in [9.17, 15) is 4.79 Å². The average molecular weight is 316 g/mol. The predicted molar refractivity (Wildman–Crippen MR) is 66.7 cm³/mol. The van der Waals surface area contributed by atoms with Crippen LogP contribution in [0.3, 0.4) is 0 Å². The first kappa shape index (κ1) is 10.9. The zero-order valence-corrected chi connectivity index (χ0v) is 10.5. The first-order valence-corrected chi connectivity index (χ1v) is 6.22. The summed E-state index contributed by atoms with van der Waals surface area (Å²) in [4.78, 5) is 10.6. The van der Waals surface area contributed by atoms with E-state index < -0.39 is 5.97 Å². The molecule has 2 unspecified atom stereocenters. The van der Waals surface area contributed by atoms with E-state index >= 15 is 0 Å². The molecule has 15 heavy (non-hydrogen) atoms. The summed E-state index contributed by atoms with van der Waals surface area (Å²) >= 11 is 2.28. The third-order valence-electron chi connectivity index (χ3n) is 2.96. The molecule has 0 aromatic heterocycles. The number of rotatable bonds is 4. The third-order valence-corrected chi connectivity index (χ3v) is 3.68. The predicted octanol–water partition coefficient (Wildman–Crippen LogP) is 2.94. The van der Waals surface area contributed by atoms with Gasteiger partial charge >= 0.3 is 5.97 Å². The molecule has 1 aliphatic rings. The molecule has 0 saturated heterocycles. The van der Waals surface area contributed by atoms with Crippen LogP contribution in [0.5, 0.6) is 0 Å². The number of hydrogen-bond acceptors (Lipinski definition) is 1. The van der Waals surface area contributed by atoms with Crippen molar-refractivity contribution < 1.29 is 9.90 Å². The molecule has 2 nitrogen and oxygen atoms in total. The summed E-state index contributed by atoms with van der Waals surface area (Å²) < 4.78 is 1.24. The molecule has 0 amide bonds. The summed E-state index contributed by atoms with van der Waals surface area (Å²) in [5.74, 6) is -0.266. The maximum absolute atomic E-state index is 10.6. The van der Waals surface area contributed by atoms with Crippen molar-refractivity contribution in [2.24, 2.45) is 11.8 Å². The lowest BCUT2D eigenvalue weighted by atomic mass is 10.1. The molecule has 3 heteroatoms. The number of aliphatic carboxylic acids is 1. The van der Waals surface area contributed by atoms with Crippen molar-refractivity contribution in [3.63, 3.8) is 0 Å². The van der Waals surface area contributed by atoms with E-state index in [0.717, 1.165) is 19.3 Å².